The maximum atomic E-state index is 11.3. The number of rotatable bonds is 2. The molecule has 0 aliphatic rings. The van der Waals surface area contributed by atoms with Crippen molar-refractivity contribution in [2.24, 2.45) is 14.1 Å². The highest BCUT2D eigenvalue weighted by Crippen LogP contribution is 2.18. The smallest absolute Gasteiger partial charge is 0.229 e. The lowest BCUT2D eigenvalue weighted by atomic mass is 10.4. The number of nitrogens with zero attached hydrogens (tertiary/aromatic N) is 6. The lowest BCUT2D eigenvalue weighted by molar-refractivity contribution is 0.586. The van der Waals surface area contributed by atoms with Crippen LogP contribution in [0.15, 0.2) is 47.0 Å². The van der Waals surface area contributed by atoms with Crippen LogP contribution in [0.5, 0.6) is 0 Å². The third-order valence-corrected chi connectivity index (χ3v) is 5.45. The Morgan fingerprint density at radius 2 is 1.50 bits per heavy atom. The van der Waals surface area contributed by atoms with Gasteiger partial charge in [-0.25, -0.2) is 28.4 Å². The van der Waals surface area contributed by atoms with E-state index in [1.165, 1.54) is 4.57 Å². The molecule has 0 aliphatic carbocycles. The van der Waals surface area contributed by atoms with E-state index in [1.54, 1.807) is 50.3 Å². The molecule has 0 bridgehead atoms. The number of hydrogen-bond donors (Lipinski definition) is 0. The van der Waals surface area contributed by atoms with E-state index in [0.717, 1.165) is 22.6 Å². The fourth-order valence-corrected chi connectivity index (χ4v) is 3.92. The molecule has 10 heteroatoms. The minimum Gasteiger partial charge on any atom is -0.307 e. The Hall–Kier alpha value is -2.46. The van der Waals surface area contributed by atoms with Gasteiger partial charge in [-0.05, 0) is 30.5 Å². The molecule has 0 unspecified atom stereocenters. The van der Waals surface area contributed by atoms with Gasteiger partial charge in [0.15, 0.2) is 16.5 Å². The van der Waals surface area contributed by atoms with Crippen LogP contribution >= 0.6 is 11.8 Å². The predicted octanol–water partition coefficient (Wildman–Crippen LogP) is 3.09. The number of pyridine rings is 2. The van der Waals surface area contributed by atoms with E-state index in [-0.39, 0.29) is 5.16 Å². The molecule has 0 aliphatic heterocycles. The monoisotopic (exact) mass is 421 g/mol. The number of imidazole rings is 2. The molecule has 0 N–H and O–H groups in total. The van der Waals surface area contributed by atoms with Gasteiger partial charge in [-0.15, -0.1) is 0 Å². The first kappa shape index (κ1) is 20.3. The Kier molecular flexibility index (Phi) is 6.63. The van der Waals surface area contributed by atoms with Crippen molar-refractivity contribution >= 4 is 43.9 Å². The van der Waals surface area contributed by atoms with Gasteiger partial charge < -0.3 is 9.13 Å². The number of hydrogen-bond acceptors (Lipinski definition) is 7. The van der Waals surface area contributed by atoms with Crippen molar-refractivity contribution in [1.82, 2.24) is 29.1 Å². The molecule has 4 rings (SSSR count). The molecule has 0 spiro atoms. The van der Waals surface area contributed by atoms with Crippen LogP contribution in [0.4, 0.5) is 0 Å². The lowest BCUT2D eigenvalue weighted by Crippen LogP contribution is -2.05. The van der Waals surface area contributed by atoms with Gasteiger partial charge in [-0.2, -0.15) is 0 Å². The van der Waals surface area contributed by atoms with Gasteiger partial charge in [-0.3, -0.25) is 0 Å². The van der Waals surface area contributed by atoms with E-state index in [1.807, 2.05) is 30.0 Å². The van der Waals surface area contributed by atoms with Crippen LogP contribution in [0.3, 0.4) is 0 Å². The number of aromatic nitrogens is 6. The molecule has 28 heavy (non-hydrogen) atoms. The van der Waals surface area contributed by atoms with Crippen LogP contribution < -0.4 is 0 Å². The van der Waals surface area contributed by atoms with Gasteiger partial charge in [0.05, 0.1) is 0 Å². The third-order valence-electron chi connectivity index (χ3n) is 3.69. The first-order chi connectivity index (χ1) is 13.7. The molecule has 4 heterocycles. The van der Waals surface area contributed by atoms with Gasteiger partial charge in [0.1, 0.15) is 11.0 Å². The Morgan fingerprint density at radius 3 is 1.93 bits per heavy atom. The van der Waals surface area contributed by atoms with Crippen molar-refractivity contribution in [3.8, 4) is 0 Å². The summed E-state index contributed by atoms with van der Waals surface area (Å²) in [4.78, 5) is 16.7. The molecule has 0 saturated carbocycles. The van der Waals surface area contributed by atoms with Gasteiger partial charge in [0.2, 0.25) is 15.0 Å². The molecule has 0 aromatic carbocycles. The molecular weight excluding hydrogens is 396 g/mol. The summed E-state index contributed by atoms with van der Waals surface area (Å²) in [7, 11) is 0.334. The van der Waals surface area contributed by atoms with Gasteiger partial charge >= 0.3 is 0 Å². The standard InChI is InChI=1S/C8H9N3O2S.C8H9N3S.C2H6/c1-11-7-6(4-3-5-9-7)10-8(11)14(2,12)13;1-11-7-6(4-3-5-9-7)10-8(11)12-2;1-2/h3-5H,1-2H3;3-5H,1-2H3;1-2H3/i;;1D. The van der Waals surface area contributed by atoms with E-state index in [0.29, 0.717) is 18.1 Å². The van der Waals surface area contributed by atoms with Crippen molar-refractivity contribution in [1.29, 1.82) is 0 Å². The minimum absolute atomic E-state index is 0.0474. The SMILES string of the molecule is CSc1nc2cccnc2n1C.Cn1c(S(C)(=O)=O)nc2cccnc21.[2H]CC. The van der Waals surface area contributed by atoms with Gasteiger partial charge in [-0.1, -0.05) is 25.6 Å². The lowest BCUT2D eigenvalue weighted by Gasteiger charge is -1.97. The highest BCUT2D eigenvalue weighted by molar-refractivity contribution is 7.98. The highest BCUT2D eigenvalue weighted by Gasteiger charge is 2.16. The average molecular weight is 422 g/mol. The quantitative estimate of drug-likeness (QED) is 0.459. The van der Waals surface area contributed by atoms with Gasteiger partial charge in [0, 0.05) is 34.1 Å². The van der Waals surface area contributed by atoms with Crippen molar-refractivity contribution in [3.05, 3.63) is 36.7 Å². The Labute approximate surface area is 170 Å². The average Bonchev–Trinajstić information content (AvgIpc) is 3.21. The summed E-state index contributed by atoms with van der Waals surface area (Å²) in [6.45, 7) is 2.29. The predicted molar refractivity (Wildman–Crippen MR) is 113 cm³/mol. The topological polar surface area (TPSA) is 95.6 Å². The number of thioether (sulfide) groups is 1. The summed E-state index contributed by atoms with van der Waals surface area (Å²) >= 11 is 1.63. The first-order valence-electron chi connectivity index (χ1n) is 9.03. The van der Waals surface area contributed by atoms with Gasteiger partial charge in [0.25, 0.3) is 0 Å². The number of sulfone groups is 1. The van der Waals surface area contributed by atoms with Crippen molar-refractivity contribution in [2.75, 3.05) is 12.5 Å². The van der Waals surface area contributed by atoms with Crippen molar-refractivity contribution in [2.45, 2.75) is 24.1 Å². The molecule has 8 nitrogen and oxygen atoms in total. The molecule has 4 aromatic heterocycles. The normalized spacial score (nSPS) is 11.4. The van der Waals surface area contributed by atoms with Crippen LogP contribution in [-0.4, -0.2) is 50.0 Å². The summed E-state index contributed by atoms with van der Waals surface area (Å²) in [5.41, 5.74) is 3.08. The third kappa shape index (κ3) is 4.50. The molecule has 150 valence electrons. The largest absolute Gasteiger partial charge is 0.307 e. The van der Waals surface area contributed by atoms with E-state index in [4.69, 9.17) is 1.37 Å². The molecule has 0 atom stereocenters. The van der Waals surface area contributed by atoms with E-state index in [2.05, 4.69) is 19.9 Å². The summed E-state index contributed by atoms with van der Waals surface area (Å²) in [6, 6.07) is 7.33. The Balaban J connectivity index is 0.000000184. The van der Waals surface area contributed by atoms with E-state index in [9.17, 15) is 8.42 Å². The summed E-state index contributed by atoms with van der Waals surface area (Å²) < 4.78 is 32.3. The molecule has 4 aromatic rings. The van der Waals surface area contributed by atoms with Crippen LogP contribution in [0.1, 0.15) is 15.2 Å². The maximum absolute atomic E-state index is 11.3. The Bertz CT molecular complexity index is 1200. The molecular formula is C18H24N6O2S2. The van der Waals surface area contributed by atoms with Crippen LogP contribution in [-0.2, 0) is 23.9 Å². The number of fused-ring (bicyclic) bond motifs is 2. The molecule has 0 amide bonds. The zero-order chi connectivity index (χ0) is 21.6. The van der Waals surface area contributed by atoms with Crippen molar-refractivity contribution in [3.63, 3.8) is 0 Å². The maximum Gasteiger partial charge on any atom is 0.229 e. The Morgan fingerprint density at radius 1 is 1.00 bits per heavy atom. The van der Waals surface area contributed by atoms with E-state index >= 15 is 0 Å². The van der Waals surface area contributed by atoms with E-state index < -0.39 is 9.84 Å². The second kappa shape index (κ2) is 9.16. The summed E-state index contributed by atoms with van der Waals surface area (Å²) in [5, 5.41) is 1.05. The van der Waals surface area contributed by atoms with Crippen LogP contribution in [0.25, 0.3) is 22.3 Å². The van der Waals surface area contributed by atoms with Crippen molar-refractivity contribution < 1.29 is 9.79 Å². The number of aryl methyl sites for hydroxylation is 2. The minimum atomic E-state index is -3.28. The van der Waals surface area contributed by atoms with Crippen LogP contribution in [0, 0.1) is 0 Å². The fourth-order valence-electron chi connectivity index (χ4n) is 2.52. The fraction of sp³-hybridized carbons (Fsp3) is 0.333. The zero-order valence-electron chi connectivity index (χ0n) is 17.5. The second-order valence-electron chi connectivity index (χ2n) is 5.58. The first-order valence-corrected chi connectivity index (χ1v) is 11.4. The van der Waals surface area contributed by atoms with Crippen LogP contribution in [0.2, 0.25) is 0 Å². The molecule has 0 radical (unpaired) electrons. The summed E-state index contributed by atoms with van der Waals surface area (Å²) in [5.74, 6) is 0. The molecule has 0 saturated heterocycles. The second-order valence-corrected chi connectivity index (χ2v) is 8.26. The zero-order valence-corrected chi connectivity index (χ0v) is 18.1. The summed E-state index contributed by atoms with van der Waals surface area (Å²) in [6.07, 6.45) is 6.54. The highest BCUT2D eigenvalue weighted by atomic mass is 32.2. The molecule has 0 fully saturated rings.